The van der Waals surface area contributed by atoms with Crippen LogP contribution in [0, 0.1) is 18.7 Å². The molecule has 2 heterocycles. The fourth-order valence-electron chi connectivity index (χ4n) is 4.99. The minimum atomic E-state index is -2.17. The van der Waals surface area contributed by atoms with Crippen LogP contribution in [0.5, 0.6) is 0 Å². The number of carbonyl (C=O) groups excluding carboxylic acids is 2. The van der Waals surface area contributed by atoms with E-state index in [-0.39, 0.29) is 48.9 Å². The predicted molar refractivity (Wildman–Crippen MR) is 133 cm³/mol. The van der Waals surface area contributed by atoms with Crippen LogP contribution < -0.4 is 11.1 Å². The fraction of sp³-hybridized carbons (Fsp3) is 0.462. The molecule has 3 rings (SSSR count). The van der Waals surface area contributed by atoms with Crippen LogP contribution in [0.25, 0.3) is 0 Å². The number of aliphatic hydroxyl groups is 1. The summed E-state index contributed by atoms with van der Waals surface area (Å²) in [7, 11) is 0. The zero-order chi connectivity index (χ0) is 26.9. The molecular weight excluding hydrogens is 467 g/mol. The van der Waals surface area contributed by atoms with Gasteiger partial charge in [0, 0.05) is 36.6 Å². The smallest absolute Gasteiger partial charge is 0.340 e. The molecule has 10 heteroatoms. The third-order valence-electron chi connectivity index (χ3n) is 7.22. The summed E-state index contributed by atoms with van der Waals surface area (Å²) in [5.41, 5.74) is 5.75. The lowest BCUT2D eigenvalue weighted by Crippen LogP contribution is -2.46. The van der Waals surface area contributed by atoms with Crippen LogP contribution in [0.3, 0.4) is 0 Å². The number of likely N-dealkylation sites (tertiary alicyclic amines) is 1. The summed E-state index contributed by atoms with van der Waals surface area (Å²) >= 11 is 0. The first-order chi connectivity index (χ1) is 16.9. The Bertz CT molecular complexity index is 1180. The highest BCUT2D eigenvalue weighted by atomic mass is 19.1. The molecule has 2 amide bonds. The van der Waals surface area contributed by atoms with E-state index in [9.17, 15) is 29.0 Å². The Morgan fingerprint density at radius 2 is 2.06 bits per heavy atom. The minimum Gasteiger partial charge on any atom is -0.479 e. The summed E-state index contributed by atoms with van der Waals surface area (Å²) in [6.45, 7) is 10.5. The lowest BCUT2D eigenvalue weighted by atomic mass is 9.75. The highest BCUT2D eigenvalue weighted by Gasteiger charge is 2.46. The number of nitrogens with two attached hydrogens (primary N) is 1. The van der Waals surface area contributed by atoms with Crippen molar-refractivity contribution in [3.05, 3.63) is 53.0 Å². The van der Waals surface area contributed by atoms with Crippen LogP contribution in [0.1, 0.15) is 50.7 Å². The van der Waals surface area contributed by atoms with Gasteiger partial charge in [-0.1, -0.05) is 26.5 Å². The lowest BCUT2D eigenvalue weighted by Gasteiger charge is -2.35. The average molecular weight is 501 g/mol. The van der Waals surface area contributed by atoms with Gasteiger partial charge in [-0.2, -0.15) is 0 Å². The largest absolute Gasteiger partial charge is 0.479 e. The van der Waals surface area contributed by atoms with Crippen molar-refractivity contribution in [1.82, 2.24) is 10.2 Å². The first-order valence-electron chi connectivity index (χ1n) is 11.9. The van der Waals surface area contributed by atoms with Crippen molar-refractivity contribution in [1.29, 1.82) is 0 Å². The Morgan fingerprint density at radius 3 is 2.61 bits per heavy atom. The Hall–Kier alpha value is -3.37. The number of carbonyl (C=O) groups is 3. The van der Waals surface area contributed by atoms with Gasteiger partial charge in [-0.25, -0.2) is 9.18 Å². The zero-order valence-corrected chi connectivity index (χ0v) is 21.0. The van der Waals surface area contributed by atoms with Gasteiger partial charge in [-0.15, -0.1) is 0 Å². The third-order valence-corrected chi connectivity index (χ3v) is 7.22. The minimum absolute atomic E-state index is 0.00807. The maximum atomic E-state index is 14.5. The molecule has 1 saturated heterocycles. The van der Waals surface area contributed by atoms with E-state index in [1.165, 1.54) is 24.8 Å². The topological polar surface area (TPSA) is 145 Å². The molecule has 2 aliphatic rings. The molecule has 2 aliphatic heterocycles. The number of amides is 2. The molecule has 2 unspecified atom stereocenters. The summed E-state index contributed by atoms with van der Waals surface area (Å²) in [6, 6.07) is 2.70. The van der Waals surface area contributed by atoms with E-state index >= 15 is 0 Å². The van der Waals surface area contributed by atoms with Gasteiger partial charge < -0.3 is 26.2 Å². The number of fused-ring (bicyclic) bond motifs is 2. The molecule has 194 valence electrons. The van der Waals surface area contributed by atoms with Gasteiger partial charge in [0.15, 0.2) is 5.60 Å². The molecule has 0 aliphatic carbocycles. The molecule has 1 aromatic carbocycles. The number of hydrogen-bond donors (Lipinski definition) is 4. The summed E-state index contributed by atoms with van der Waals surface area (Å²) in [6.07, 6.45) is 1.54. The van der Waals surface area contributed by atoms with Gasteiger partial charge >= 0.3 is 5.97 Å². The van der Waals surface area contributed by atoms with Crippen LogP contribution in [-0.4, -0.2) is 63.3 Å². The number of carboxylic acid groups (broad SMARTS) is 1. The maximum Gasteiger partial charge on any atom is 0.340 e. The second kappa shape index (κ2) is 10.3. The summed E-state index contributed by atoms with van der Waals surface area (Å²) in [5, 5.41) is 22.9. The summed E-state index contributed by atoms with van der Waals surface area (Å²) in [5.74, 6) is -3.43. The standard InChI is InChI=1S/C26H33FN4O5/c1-6-19(29-21(32)11-28)23-16-8-13(3)18(27)10-20(16)30-24-15(5)31(12-17(23)24)22(33)9-14(4)26(36,7-2)25(34)35/h8-10,17,19,23,36H,5-7,11-12,28H2,1-4H3,(H,29,32)(H,34,35)/b14-9+/t17?,19-,23?,26-/m0/s1. The summed E-state index contributed by atoms with van der Waals surface area (Å²) < 4.78 is 14.5. The molecule has 0 aromatic heterocycles. The third kappa shape index (κ3) is 4.70. The second-order valence-corrected chi connectivity index (χ2v) is 9.32. The van der Waals surface area contributed by atoms with Crippen molar-refractivity contribution in [2.45, 2.75) is 58.1 Å². The predicted octanol–water partition coefficient (Wildman–Crippen LogP) is 2.30. The molecule has 0 radical (unpaired) electrons. The fourth-order valence-corrected chi connectivity index (χ4v) is 4.99. The second-order valence-electron chi connectivity index (χ2n) is 9.32. The zero-order valence-electron chi connectivity index (χ0n) is 21.0. The maximum absolute atomic E-state index is 14.5. The van der Waals surface area contributed by atoms with E-state index in [1.54, 1.807) is 13.0 Å². The van der Waals surface area contributed by atoms with E-state index in [4.69, 9.17) is 5.73 Å². The van der Waals surface area contributed by atoms with E-state index in [0.717, 1.165) is 11.6 Å². The van der Waals surface area contributed by atoms with Gasteiger partial charge in [-0.05, 0) is 43.4 Å². The van der Waals surface area contributed by atoms with Gasteiger partial charge in [0.25, 0.3) is 5.91 Å². The molecule has 4 atom stereocenters. The molecule has 0 saturated carbocycles. The molecule has 36 heavy (non-hydrogen) atoms. The molecule has 1 fully saturated rings. The van der Waals surface area contributed by atoms with Crippen molar-refractivity contribution in [2.24, 2.45) is 16.6 Å². The van der Waals surface area contributed by atoms with E-state index in [0.29, 0.717) is 29.1 Å². The molecule has 0 bridgehead atoms. The first kappa shape index (κ1) is 27.2. The number of carboxylic acids is 1. The highest BCUT2D eigenvalue weighted by Crippen LogP contribution is 2.46. The quantitative estimate of drug-likeness (QED) is 0.403. The van der Waals surface area contributed by atoms with Gasteiger partial charge in [0.1, 0.15) is 5.82 Å². The normalized spacial score (nSPS) is 21.8. The van der Waals surface area contributed by atoms with Crippen molar-refractivity contribution in [2.75, 3.05) is 13.1 Å². The van der Waals surface area contributed by atoms with Crippen LogP contribution in [0.4, 0.5) is 10.1 Å². The molecule has 5 N–H and O–H groups in total. The lowest BCUT2D eigenvalue weighted by molar-refractivity contribution is -0.154. The highest BCUT2D eigenvalue weighted by molar-refractivity contribution is 6.11. The molecule has 1 aromatic rings. The van der Waals surface area contributed by atoms with Crippen molar-refractivity contribution in [3.8, 4) is 0 Å². The number of aliphatic imine (C=N–C) groups is 1. The van der Waals surface area contributed by atoms with Gasteiger partial charge in [0.05, 0.1) is 23.6 Å². The number of aryl methyl sites for hydroxylation is 1. The Kier molecular flexibility index (Phi) is 7.80. The first-order valence-corrected chi connectivity index (χ1v) is 11.9. The number of halogens is 1. The number of nitrogens with zero attached hydrogens (tertiary/aromatic N) is 2. The number of nitrogens with one attached hydrogen (secondary N) is 1. The Morgan fingerprint density at radius 1 is 1.39 bits per heavy atom. The van der Waals surface area contributed by atoms with Crippen molar-refractivity contribution in [3.63, 3.8) is 0 Å². The van der Waals surface area contributed by atoms with E-state index < -0.39 is 23.3 Å². The number of aliphatic carboxylic acids is 1. The number of hydrogen-bond acceptors (Lipinski definition) is 6. The SMILES string of the molecule is C=C1C2=Nc3cc(F)c(C)cc3C([C@H](CC)NC(=O)CN)C2CN1C(=O)/C=C(\C)[C@@](O)(CC)C(=O)O. The Balaban J connectivity index is 2.06. The monoisotopic (exact) mass is 500 g/mol. The Labute approximate surface area is 209 Å². The van der Waals surface area contributed by atoms with Crippen LogP contribution >= 0.6 is 0 Å². The number of rotatable bonds is 8. The van der Waals surface area contributed by atoms with Crippen molar-refractivity contribution < 1.29 is 29.0 Å². The van der Waals surface area contributed by atoms with Crippen LogP contribution in [0.2, 0.25) is 0 Å². The average Bonchev–Trinajstić information content (AvgIpc) is 3.17. The number of benzene rings is 1. The van der Waals surface area contributed by atoms with Gasteiger partial charge in [-0.3, -0.25) is 14.6 Å². The van der Waals surface area contributed by atoms with E-state index in [1.807, 2.05) is 6.92 Å². The van der Waals surface area contributed by atoms with E-state index in [2.05, 4.69) is 16.9 Å². The van der Waals surface area contributed by atoms with Crippen LogP contribution in [0.15, 0.2) is 41.1 Å². The summed E-state index contributed by atoms with van der Waals surface area (Å²) in [4.78, 5) is 43.0. The molecule has 0 spiro atoms. The van der Waals surface area contributed by atoms with Gasteiger partial charge in [0.2, 0.25) is 5.91 Å². The molecule has 9 nitrogen and oxygen atoms in total. The van der Waals surface area contributed by atoms with Crippen molar-refractivity contribution >= 4 is 29.2 Å². The van der Waals surface area contributed by atoms with Crippen LogP contribution in [-0.2, 0) is 14.4 Å². The number of allylic oxidation sites excluding steroid dienone is 1. The molecular formula is C26H33FN4O5.